The van der Waals surface area contributed by atoms with Gasteiger partial charge in [-0.1, -0.05) is 31.5 Å². The summed E-state index contributed by atoms with van der Waals surface area (Å²) in [5.74, 6) is 0.816. The third-order valence-corrected chi connectivity index (χ3v) is 3.83. The van der Waals surface area contributed by atoms with E-state index in [0.717, 1.165) is 0 Å². The van der Waals surface area contributed by atoms with Crippen LogP contribution in [0.1, 0.15) is 49.4 Å². The van der Waals surface area contributed by atoms with Crippen LogP contribution < -0.4 is 5.32 Å². The van der Waals surface area contributed by atoms with Crippen LogP contribution >= 0.6 is 11.8 Å². The molecule has 0 aromatic carbocycles. The van der Waals surface area contributed by atoms with Crippen molar-refractivity contribution in [2.75, 3.05) is 11.6 Å². The lowest BCUT2D eigenvalue weighted by molar-refractivity contribution is 0.0988. The van der Waals surface area contributed by atoms with Gasteiger partial charge in [0.05, 0.1) is 5.56 Å². The summed E-state index contributed by atoms with van der Waals surface area (Å²) >= 11 is 1.50. The highest BCUT2D eigenvalue weighted by Gasteiger charge is 2.19. The molecule has 1 aromatic heterocycles. The number of ketones is 1. The number of rotatable bonds is 5. The molecule has 1 aliphatic carbocycles. The van der Waals surface area contributed by atoms with E-state index in [4.69, 9.17) is 0 Å². The van der Waals surface area contributed by atoms with E-state index < -0.39 is 0 Å². The Kier molecular flexibility index (Phi) is 4.58. The third-order valence-electron chi connectivity index (χ3n) is 3.27. The van der Waals surface area contributed by atoms with E-state index in [1.807, 2.05) is 13.2 Å². The molecule has 0 saturated heterocycles. The first kappa shape index (κ1) is 13.3. The van der Waals surface area contributed by atoms with Gasteiger partial charge in [-0.15, -0.1) is 0 Å². The van der Waals surface area contributed by atoms with Crippen LogP contribution in [-0.2, 0) is 0 Å². The molecule has 1 saturated carbocycles. The second-order valence-electron chi connectivity index (χ2n) is 4.52. The normalized spacial score (nSPS) is 15.9. The maximum atomic E-state index is 11.9. The first-order valence-corrected chi connectivity index (χ1v) is 7.67. The van der Waals surface area contributed by atoms with Crippen molar-refractivity contribution >= 4 is 23.4 Å². The van der Waals surface area contributed by atoms with Gasteiger partial charge in [0.1, 0.15) is 5.82 Å². The van der Waals surface area contributed by atoms with E-state index in [9.17, 15) is 4.79 Å². The summed E-state index contributed by atoms with van der Waals surface area (Å²) in [5, 5.41) is 4.13. The van der Waals surface area contributed by atoms with Gasteiger partial charge in [-0.25, -0.2) is 9.97 Å². The number of aromatic nitrogens is 2. The number of hydrogen-bond donors (Lipinski definition) is 1. The predicted molar refractivity (Wildman–Crippen MR) is 74.3 cm³/mol. The molecule has 1 aliphatic rings. The Hall–Kier alpha value is -1.10. The topological polar surface area (TPSA) is 54.9 Å². The van der Waals surface area contributed by atoms with Crippen molar-refractivity contribution in [2.45, 2.75) is 50.2 Å². The molecular formula is C13H19N3OS. The Balaban J connectivity index is 2.24. The van der Waals surface area contributed by atoms with E-state index in [1.165, 1.54) is 37.4 Å². The summed E-state index contributed by atoms with van der Waals surface area (Å²) in [6.07, 6.45) is 8.93. The molecule has 98 valence electrons. The molecule has 4 nitrogen and oxygen atoms in total. The van der Waals surface area contributed by atoms with Crippen molar-refractivity contribution in [3.63, 3.8) is 0 Å². The third kappa shape index (κ3) is 3.02. The summed E-state index contributed by atoms with van der Waals surface area (Å²) in [5.41, 5.74) is 0.627. The lowest BCUT2D eigenvalue weighted by Crippen LogP contribution is -2.18. The minimum Gasteiger partial charge on any atom is -0.367 e. The van der Waals surface area contributed by atoms with E-state index in [-0.39, 0.29) is 5.78 Å². The Morgan fingerprint density at radius 3 is 2.83 bits per heavy atom. The molecule has 0 spiro atoms. The number of carbonyl (C=O) groups is 1. The van der Waals surface area contributed by atoms with Crippen molar-refractivity contribution in [3.8, 4) is 0 Å². The Morgan fingerprint density at radius 2 is 2.22 bits per heavy atom. The zero-order valence-electron chi connectivity index (χ0n) is 10.9. The maximum Gasteiger partial charge on any atom is 0.189 e. The highest BCUT2D eigenvalue weighted by molar-refractivity contribution is 7.98. The van der Waals surface area contributed by atoms with Crippen LogP contribution in [0.4, 0.5) is 5.82 Å². The molecule has 0 aliphatic heterocycles. The van der Waals surface area contributed by atoms with Crippen LogP contribution in [0, 0.1) is 0 Å². The Labute approximate surface area is 112 Å². The van der Waals surface area contributed by atoms with Gasteiger partial charge in [0.15, 0.2) is 10.9 Å². The number of nitrogens with one attached hydrogen (secondary N) is 1. The first-order valence-electron chi connectivity index (χ1n) is 6.45. The fraction of sp³-hybridized carbons (Fsp3) is 0.615. The molecule has 0 radical (unpaired) electrons. The Bertz CT molecular complexity index is 430. The quantitative estimate of drug-likeness (QED) is 0.503. The SMILES string of the molecule is CCC(=O)c1cnc(SC)nc1NC1CCCC1. The number of Topliss-reactive ketones (excluding diaryl/α,β-unsaturated/α-hetero) is 1. The average Bonchev–Trinajstić information content (AvgIpc) is 2.90. The zero-order valence-corrected chi connectivity index (χ0v) is 11.7. The van der Waals surface area contributed by atoms with Gasteiger partial charge < -0.3 is 5.32 Å². The summed E-state index contributed by atoms with van der Waals surface area (Å²) in [6.45, 7) is 1.87. The Morgan fingerprint density at radius 1 is 1.50 bits per heavy atom. The second kappa shape index (κ2) is 6.18. The molecule has 18 heavy (non-hydrogen) atoms. The number of thioether (sulfide) groups is 1. The van der Waals surface area contributed by atoms with Gasteiger partial charge in [0.2, 0.25) is 0 Å². The van der Waals surface area contributed by atoms with Gasteiger partial charge in [-0.05, 0) is 19.1 Å². The molecule has 5 heteroatoms. The lowest BCUT2D eigenvalue weighted by atomic mass is 10.1. The molecule has 0 atom stereocenters. The van der Waals surface area contributed by atoms with E-state index in [2.05, 4.69) is 15.3 Å². The highest BCUT2D eigenvalue weighted by atomic mass is 32.2. The lowest BCUT2D eigenvalue weighted by Gasteiger charge is -2.15. The minimum absolute atomic E-state index is 0.100. The number of nitrogens with zero attached hydrogens (tertiary/aromatic N) is 2. The van der Waals surface area contributed by atoms with Gasteiger partial charge in [0.25, 0.3) is 0 Å². The van der Waals surface area contributed by atoms with Crippen molar-refractivity contribution < 1.29 is 4.79 Å². The predicted octanol–water partition coefficient (Wildman–Crippen LogP) is 3.15. The molecule has 0 unspecified atom stereocenters. The summed E-state index contributed by atoms with van der Waals surface area (Å²) < 4.78 is 0. The molecule has 0 bridgehead atoms. The van der Waals surface area contributed by atoms with Gasteiger partial charge >= 0.3 is 0 Å². The van der Waals surface area contributed by atoms with Crippen LogP contribution in [-0.4, -0.2) is 28.0 Å². The number of carbonyl (C=O) groups excluding carboxylic acids is 1. The van der Waals surface area contributed by atoms with Crippen LogP contribution in [0.3, 0.4) is 0 Å². The van der Waals surface area contributed by atoms with Gasteiger partial charge in [-0.3, -0.25) is 4.79 Å². The summed E-state index contributed by atoms with van der Waals surface area (Å²) in [4.78, 5) is 20.5. The molecular weight excluding hydrogens is 246 g/mol. The van der Waals surface area contributed by atoms with Crippen LogP contribution in [0.5, 0.6) is 0 Å². The highest BCUT2D eigenvalue weighted by Crippen LogP contribution is 2.24. The molecule has 1 aromatic rings. The maximum absolute atomic E-state index is 11.9. The van der Waals surface area contributed by atoms with Gasteiger partial charge in [-0.2, -0.15) is 0 Å². The van der Waals surface area contributed by atoms with E-state index in [1.54, 1.807) is 6.20 Å². The fourth-order valence-corrected chi connectivity index (χ4v) is 2.57. The molecule has 1 heterocycles. The van der Waals surface area contributed by atoms with E-state index >= 15 is 0 Å². The standard InChI is InChI=1S/C13H19N3OS/c1-3-11(17)10-8-14-13(18-2)16-12(10)15-9-6-4-5-7-9/h8-9H,3-7H2,1-2H3,(H,14,15,16). The minimum atomic E-state index is 0.100. The molecule has 2 rings (SSSR count). The number of hydrogen-bond acceptors (Lipinski definition) is 5. The number of anilines is 1. The summed E-state index contributed by atoms with van der Waals surface area (Å²) in [7, 11) is 0. The van der Waals surface area contributed by atoms with Crippen molar-refractivity contribution in [1.29, 1.82) is 0 Å². The smallest absolute Gasteiger partial charge is 0.189 e. The fourth-order valence-electron chi connectivity index (χ4n) is 2.23. The first-order chi connectivity index (χ1) is 8.74. The van der Waals surface area contributed by atoms with Crippen LogP contribution in [0.15, 0.2) is 11.4 Å². The average molecular weight is 265 g/mol. The summed E-state index contributed by atoms with van der Waals surface area (Å²) in [6, 6.07) is 0.456. The molecule has 1 N–H and O–H groups in total. The van der Waals surface area contributed by atoms with Crippen molar-refractivity contribution in [3.05, 3.63) is 11.8 Å². The van der Waals surface area contributed by atoms with Crippen LogP contribution in [0.2, 0.25) is 0 Å². The largest absolute Gasteiger partial charge is 0.367 e. The zero-order chi connectivity index (χ0) is 13.0. The van der Waals surface area contributed by atoms with Crippen molar-refractivity contribution in [1.82, 2.24) is 9.97 Å². The van der Waals surface area contributed by atoms with E-state index in [0.29, 0.717) is 29.0 Å². The van der Waals surface area contributed by atoms with Crippen LogP contribution in [0.25, 0.3) is 0 Å². The second-order valence-corrected chi connectivity index (χ2v) is 5.29. The molecule has 0 amide bonds. The van der Waals surface area contributed by atoms with Crippen molar-refractivity contribution in [2.24, 2.45) is 0 Å². The monoisotopic (exact) mass is 265 g/mol. The molecule has 1 fully saturated rings. The van der Waals surface area contributed by atoms with Gasteiger partial charge in [0, 0.05) is 18.7 Å².